The Balaban J connectivity index is 3.04. The summed E-state index contributed by atoms with van der Waals surface area (Å²) in [6.07, 6.45) is 6.59. The second-order valence-electron chi connectivity index (χ2n) is 3.45. The molecule has 0 aromatic heterocycles. The third-order valence-corrected chi connectivity index (χ3v) is 4.93. The van der Waals surface area contributed by atoms with E-state index in [0.29, 0.717) is 0 Å². The van der Waals surface area contributed by atoms with Crippen LogP contribution in [0, 0.1) is 0 Å². The van der Waals surface area contributed by atoms with Crippen molar-refractivity contribution in [3.8, 4) is 0 Å². The van der Waals surface area contributed by atoms with Crippen LogP contribution in [-0.4, -0.2) is 45.8 Å². The van der Waals surface area contributed by atoms with Crippen molar-refractivity contribution in [2.24, 2.45) is 10.3 Å². The molecule has 1 aliphatic carbocycles. The Morgan fingerprint density at radius 3 is 2.47 bits per heavy atom. The SMILES string of the molecule is CN(C)N=NC1([As](=O)(O)O)C=CC=CC1. The van der Waals surface area contributed by atoms with E-state index in [2.05, 4.69) is 10.3 Å². The molecule has 7 heteroatoms. The fraction of sp³-hybridized carbons (Fsp3) is 0.500. The number of rotatable bonds is 3. The molecule has 1 rings (SSSR count). The number of allylic oxidation sites excluding steroid dienone is 2. The third-order valence-electron chi connectivity index (χ3n) is 1.93. The summed E-state index contributed by atoms with van der Waals surface area (Å²) in [6, 6.07) is 0. The summed E-state index contributed by atoms with van der Waals surface area (Å²) in [5, 5.41) is 8.85. The molecule has 0 bridgehead atoms. The predicted molar refractivity (Wildman–Crippen MR) is 55.0 cm³/mol. The predicted octanol–water partition coefficient (Wildman–Crippen LogP) is 0.0633. The Kier molecular flexibility index (Phi) is 3.54. The zero-order valence-electron chi connectivity index (χ0n) is 8.61. The Labute approximate surface area is 91.0 Å². The van der Waals surface area contributed by atoms with Crippen molar-refractivity contribution in [1.82, 2.24) is 5.01 Å². The van der Waals surface area contributed by atoms with Gasteiger partial charge in [-0.2, -0.15) is 0 Å². The van der Waals surface area contributed by atoms with Crippen molar-refractivity contribution in [3.63, 3.8) is 0 Å². The monoisotopic (exact) mass is 275 g/mol. The van der Waals surface area contributed by atoms with Gasteiger partial charge in [0.05, 0.1) is 0 Å². The first kappa shape index (κ1) is 12.2. The molecule has 0 aromatic carbocycles. The van der Waals surface area contributed by atoms with Crippen LogP contribution in [0.5, 0.6) is 0 Å². The van der Waals surface area contributed by atoms with E-state index in [4.69, 9.17) is 0 Å². The van der Waals surface area contributed by atoms with Crippen molar-refractivity contribution in [2.75, 3.05) is 14.1 Å². The quantitative estimate of drug-likeness (QED) is 0.433. The van der Waals surface area contributed by atoms with Gasteiger partial charge >= 0.3 is 90.6 Å². The van der Waals surface area contributed by atoms with Crippen molar-refractivity contribution in [2.45, 2.75) is 10.7 Å². The summed E-state index contributed by atoms with van der Waals surface area (Å²) in [5.41, 5.74) is 0. The van der Waals surface area contributed by atoms with E-state index in [0.717, 1.165) is 0 Å². The molecule has 2 N–H and O–H groups in total. The summed E-state index contributed by atoms with van der Waals surface area (Å²) in [7, 11) is 3.29. The summed E-state index contributed by atoms with van der Waals surface area (Å²) < 4.78 is 28.6. The van der Waals surface area contributed by atoms with E-state index in [1.165, 1.54) is 11.1 Å². The van der Waals surface area contributed by atoms with Crippen LogP contribution in [0.1, 0.15) is 6.42 Å². The third kappa shape index (κ3) is 2.81. The van der Waals surface area contributed by atoms with Crippen molar-refractivity contribution in [1.29, 1.82) is 0 Å². The molecule has 0 amide bonds. The van der Waals surface area contributed by atoms with E-state index >= 15 is 0 Å². The molecule has 84 valence electrons. The maximum absolute atomic E-state index is 11.4. The fourth-order valence-electron chi connectivity index (χ4n) is 1.11. The molecule has 6 nitrogen and oxygen atoms in total. The van der Waals surface area contributed by atoms with Gasteiger partial charge in [-0.25, -0.2) is 0 Å². The van der Waals surface area contributed by atoms with Crippen molar-refractivity contribution >= 4 is 14.2 Å². The van der Waals surface area contributed by atoms with E-state index in [9.17, 15) is 11.9 Å². The van der Waals surface area contributed by atoms with Gasteiger partial charge in [-0.15, -0.1) is 0 Å². The Morgan fingerprint density at radius 1 is 1.40 bits per heavy atom. The molecule has 0 aromatic rings. The molecule has 0 fully saturated rings. The van der Waals surface area contributed by atoms with E-state index < -0.39 is 18.5 Å². The first-order valence-corrected chi connectivity index (χ1v) is 7.76. The molecule has 0 saturated carbocycles. The van der Waals surface area contributed by atoms with Crippen LogP contribution in [0.15, 0.2) is 34.6 Å². The van der Waals surface area contributed by atoms with E-state index in [1.807, 2.05) is 0 Å². The molecule has 0 aliphatic heterocycles. The van der Waals surface area contributed by atoms with Crippen LogP contribution >= 0.6 is 0 Å². The van der Waals surface area contributed by atoms with E-state index in [-0.39, 0.29) is 6.42 Å². The number of hydrogen-bond acceptors (Lipinski definition) is 3. The normalized spacial score (nSPS) is 26.1. The molecule has 1 atom stereocenters. The van der Waals surface area contributed by atoms with Gasteiger partial charge in [0.2, 0.25) is 0 Å². The van der Waals surface area contributed by atoms with Gasteiger partial charge in [0, 0.05) is 0 Å². The Hall–Kier alpha value is -0.842. The summed E-state index contributed by atoms with van der Waals surface area (Å²) in [6.45, 7) is 0. The van der Waals surface area contributed by atoms with Crippen LogP contribution in [0.3, 0.4) is 0 Å². The fourth-order valence-corrected chi connectivity index (χ4v) is 2.75. The first-order valence-electron chi connectivity index (χ1n) is 4.37. The zero-order chi connectivity index (χ0) is 11.5. The number of hydrogen-bond donors (Lipinski definition) is 2. The first-order chi connectivity index (χ1) is 6.87. The maximum atomic E-state index is 11.4. The van der Waals surface area contributed by atoms with Crippen LogP contribution < -0.4 is 0 Å². The second kappa shape index (κ2) is 4.35. The Morgan fingerprint density at radius 2 is 2.07 bits per heavy atom. The standard InChI is InChI=1S/C8H14AsN3O3/c1-12(2)11-10-8(9(13,14)15)6-4-3-5-7-8/h3-6H,7H2,1-2H3,(H2,13,14,15). The van der Waals surface area contributed by atoms with Gasteiger partial charge in [-0.1, -0.05) is 0 Å². The Bertz CT molecular complexity index is 358. The molecule has 0 saturated heterocycles. The molecular weight excluding hydrogens is 261 g/mol. The molecular formula is C8H14AsN3O3. The number of nitrogens with zero attached hydrogens (tertiary/aromatic N) is 3. The van der Waals surface area contributed by atoms with Gasteiger partial charge in [0.15, 0.2) is 0 Å². The van der Waals surface area contributed by atoms with Crippen molar-refractivity contribution < 1.29 is 11.9 Å². The van der Waals surface area contributed by atoms with Crippen LogP contribution in [0.4, 0.5) is 0 Å². The molecule has 1 unspecified atom stereocenters. The van der Waals surface area contributed by atoms with Gasteiger partial charge in [-0.3, -0.25) is 0 Å². The summed E-state index contributed by atoms with van der Waals surface area (Å²) in [5.74, 6) is 0. The minimum atomic E-state index is -5.00. The van der Waals surface area contributed by atoms with Gasteiger partial charge in [-0.05, 0) is 0 Å². The molecule has 15 heavy (non-hydrogen) atoms. The van der Waals surface area contributed by atoms with E-state index in [1.54, 1.807) is 32.3 Å². The summed E-state index contributed by atoms with van der Waals surface area (Å²) in [4.78, 5) is 0. The topological polar surface area (TPSA) is 85.5 Å². The van der Waals surface area contributed by atoms with Gasteiger partial charge in [0.1, 0.15) is 0 Å². The second-order valence-corrected chi connectivity index (χ2v) is 7.36. The average molecular weight is 275 g/mol. The average Bonchev–Trinajstić information content (AvgIpc) is 2.14. The van der Waals surface area contributed by atoms with Crippen molar-refractivity contribution in [3.05, 3.63) is 24.3 Å². The molecule has 0 radical (unpaired) electrons. The van der Waals surface area contributed by atoms with Crippen LogP contribution in [0.25, 0.3) is 0 Å². The van der Waals surface area contributed by atoms with Crippen LogP contribution in [-0.2, 0) is 3.74 Å². The minimum absolute atomic E-state index is 0.185. The van der Waals surface area contributed by atoms with Crippen LogP contribution in [0.2, 0.25) is 0 Å². The zero-order valence-corrected chi connectivity index (χ0v) is 10.5. The van der Waals surface area contributed by atoms with Gasteiger partial charge in [0.25, 0.3) is 0 Å². The molecule has 0 spiro atoms. The van der Waals surface area contributed by atoms with Gasteiger partial charge < -0.3 is 0 Å². The molecule has 0 heterocycles. The molecule has 1 aliphatic rings. The summed E-state index contributed by atoms with van der Waals surface area (Å²) >= 11 is -5.00.